The van der Waals surface area contributed by atoms with Gasteiger partial charge in [-0.25, -0.2) is 13.1 Å². The predicted molar refractivity (Wildman–Crippen MR) is 85.6 cm³/mol. The Labute approximate surface area is 128 Å². The number of hydrogen-bond acceptors (Lipinski definition) is 3. The van der Waals surface area contributed by atoms with Gasteiger partial charge in [0, 0.05) is 6.54 Å². The minimum Gasteiger partial charge on any atom is -0.330 e. The molecule has 0 amide bonds. The molecule has 2 rings (SSSR count). The first kappa shape index (κ1) is 16.5. The third-order valence-electron chi connectivity index (χ3n) is 4.72. The molecular formula is C16H26N2O2S. The highest BCUT2D eigenvalue weighted by molar-refractivity contribution is 7.89. The molecule has 118 valence electrons. The second-order valence-corrected chi connectivity index (χ2v) is 7.83. The number of hydrogen-bond donors (Lipinski definition) is 2. The summed E-state index contributed by atoms with van der Waals surface area (Å²) in [5.41, 5.74) is 6.73. The van der Waals surface area contributed by atoms with Crippen molar-refractivity contribution in [3.05, 3.63) is 29.8 Å². The lowest BCUT2D eigenvalue weighted by atomic mass is 9.84. The lowest BCUT2D eigenvalue weighted by Gasteiger charge is -2.27. The standard InChI is InChI=1S/C16H26N2O2S/c1-2-16(10-3-4-11-16)13-18-21(19,20)15-7-5-14(6-8-15)9-12-17/h5-8,18H,2-4,9-13,17H2,1H3. The molecule has 0 spiro atoms. The van der Waals surface area contributed by atoms with Gasteiger partial charge in [0.25, 0.3) is 0 Å². The smallest absolute Gasteiger partial charge is 0.240 e. The van der Waals surface area contributed by atoms with E-state index in [0.29, 0.717) is 18.0 Å². The molecule has 1 fully saturated rings. The minimum absolute atomic E-state index is 0.159. The summed E-state index contributed by atoms with van der Waals surface area (Å²) in [6.45, 7) is 3.28. The highest BCUT2D eigenvalue weighted by Gasteiger charge is 2.33. The topological polar surface area (TPSA) is 72.2 Å². The highest BCUT2D eigenvalue weighted by atomic mass is 32.2. The fourth-order valence-corrected chi connectivity index (χ4v) is 4.27. The van der Waals surface area contributed by atoms with Crippen molar-refractivity contribution in [2.45, 2.75) is 50.3 Å². The molecule has 0 aliphatic heterocycles. The number of nitrogens with two attached hydrogens (primary N) is 1. The first-order valence-corrected chi connectivity index (χ1v) is 9.28. The van der Waals surface area contributed by atoms with Crippen LogP contribution in [-0.2, 0) is 16.4 Å². The van der Waals surface area contributed by atoms with Crippen molar-refractivity contribution in [3.63, 3.8) is 0 Å². The average molecular weight is 310 g/mol. The van der Waals surface area contributed by atoms with E-state index in [4.69, 9.17) is 5.73 Å². The van der Waals surface area contributed by atoms with E-state index in [1.54, 1.807) is 12.1 Å². The van der Waals surface area contributed by atoms with Crippen molar-refractivity contribution < 1.29 is 8.42 Å². The summed E-state index contributed by atoms with van der Waals surface area (Å²) < 4.78 is 27.6. The van der Waals surface area contributed by atoms with E-state index in [1.807, 2.05) is 12.1 Å². The quantitative estimate of drug-likeness (QED) is 0.812. The molecular weight excluding hydrogens is 284 g/mol. The predicted octanol–water partition coefficient (Wildman–Crippen LogP) is 2.44. The third-order valence-corrected chi connectivity index (χ3v) is 6.14. The summed E-state index contributed by atoms with van der Waals surface area (Å²) in [6, 6.07) is 7.01. The van der Waals surface area contributed by atoms with Crippen molar-refractivity contribution in [1.29, 1.82) is 0 Å². The zero-order valence-electron chi connectivity index (χ0n) is 12.8. The van der Waals surface area contributed by atoms with Crippen LogP contribution in [0.5, 0.6) is 0 Å². The van der Waals surface area contributed by atoms with Crippen LogP contribution in [0.1, 0.15) is 44.6 Å². The highest BCUT2D eigenvalue weighted by Crippen LogP contribution is 2.40. The van der Waals surface area contributed by atoms with E-state index in [9.17, 15) is 8.42 Å². The van der Waals surface area contributed by atoms with E-state index in [0.717, 1.165) is 31.2 Å². The summed E-state index contributed by atoms with van der Waals surface area (Å²) in [6.07, 6.45) is 6.48. The van der Waals surface area contributed by atoms with Gasteiger partial charge in [0.05, 0.1) is 4.90 Å². The van der Waals surface area contributed by atoms with Gasteiger partial charge in [0.2, 0.25) is 10.0 Å². The van der Waals surface area contributed by atoms with Gasteiger partial charge in [0.1, 0.15) is 0 Å². The van der Waals surface area contributed by atoms with Gasteiger partial charge in [-0.3, -0.25) is 0 Å². The lowest BCUT2D eigenvalue weighted by molar-refractivity contribution is 0.285. The molecule has 0 saturated heterocycles. The first-order chi connectivity index (χ1) is 10.0. The van der Waals surface area contributed by atoms with Gasteiger partial charge in [-0.1, -0.05) is 31.9 Å². The summed E-state index contributed by atoms with van der Waals surface area (Å²) in [7, 11) is -3.41. The summed E-state index contributed by atoms with van der Waals surface area (Å²) >= 11 is 0. The molecule has 1 aliphatic rings. The molecule has 3 N–H and O–H groups in total. The molecule has 5 heteroatoms. The van der Waals surface area contributed by atoms with E-state index in [1.165, 1.54) is 12.8 Å². The SMILES string of the molecule is CCC1(CNS(=O)(=O)c2ccc(CCN)cc2)CCCC1. The number of benzene rings is 1. The van der Waals surface area contributed by atoms with Crippen LogP contribution in [0.25, 0.3) is 0 Å². The zero-order chi connectivity index (χ0) is 15.3. The van der Waals surface area contributed by atoms with Gasteiger partial charge in [-0.2, -0.15) is 0 Å². The van der Waals surface area contributed by atoms with Gasteiger partial charge >= 0.3 is 0 Å². The second-order valence-electron chi connectivity index (χ2n) is 6.07. The number of sulfonamides is 1. The molecule has 1 aromatic carbocycles. The molecule has 0 bridgehead atoms. The van der Waals surface area contributed by atoms with Gasteiger partial charge in [-0.15, -0.1) is 0 Å². The maximum absolute atomic E-state index is 12.4. The zero-order valence-corrected chi connectivity index (χ0v) is 13.6. The van der Waals surface area contributed by atoms with Crippen LogP contribution < -0.4 is 10.5 Å². The van der Waals surface area contributed by atoms with E-state index in [2.05, 4.69) is 11.6 Å². The second kappa shape index (κ2) is 6.90. The molecule has 0 aromatic heterocycles. The van der Waals surface area contributed by atoms with Gasteiger partial charge in [-0.05, 0) is 55.3 Å². The molecule has 21 heavy (non-hydrogen) atoms. The van der Waals surface area contributed by atoms with Crippen LogP contribution in [0, 0.1) is 5.41 Å². The Kier molecular flexibility index (Phi) is 5.41. The summed E-state index contributed by atoms with van der Waals surface area (Å²) in [5.74, 6) is 0. The Morgan fingerprint density at radius 3 is 2.33 bits per heavy atom. The van der Waals surface area contributed by atoms with Crippen LogP contribution in [0.15, 0.2) is 29.2 Å². The van der Waals surface area contributed by atoms with Crippen molar-refractivity contribution in [2.24, 2.45) is 11.1 Å². The van der Waals surface area contributed by atoms with Crippen LogP contribution in [-0.4, -0.2) is 21.5 Å². The Hall–Kier alpha value is -0.910. The van der Waals surface area contributed by atoms with Gasteiger partial charge < -0.3 is 5.73 Å². The molecule has 0 atom stereocenters. The minimum atomic E-state index is -3.41. The van der Waals surface area contributed by atoms with Crippen molar-refractivity contribution in [3.8, 4) is 0 Å². The molecule has 0 unspecified atom stereocenters. The van der Waals surface area contributed by atoms with E-state index >= 15 is 0 Å². The Morgan fingerprint density at radius 1 is 1.19 bits per heavy atom. The monoisotopic (exact) mass is 310 g/mol. The largest absolute Gasteiger partial charge is 0.330 e. The Bertz CT molecular complexity index is 546. The van der Waals surface area contributed by atoms with Crippen molar-refractivity contribution in [2.75, 3.05) is 13.1 Å². The van der Waals surface area contributed by atoms with E-state index in [-0.39, 0.29) is 5.41 Å². The molecule has 1 aliphatic carbocycles. The van der Waals surface area contributed by atoms with Crippen molar-refractivity contribution in [1.82, 2.24) is 4.72 Å². The lowest BCUT2D eigenvalue weighted by Crippen LogP contribution is -2.35. The van der Waals surface area contributed by atoms with Crippen LogP contribution >= 0.6 is 0 Å². The fraction of sp³-hybridized carbons (Fsp3) is 0.625. The Balaban J connectivity index is 2.04. The number of rotatable bonds is 7. The number of nitrogens with one attached hydrogen (secondary N) is 1. The normalized spacial score (nSPS) is 18.0. The Morgan fingerprint density at radius 2 is 1.81 bits per heavy atom. The maximum atomic E-state index is 12.4. The first-order valence-electron chi connectivity index (χ1n) is 7.80. The van der Waals surface area contributed by atoms with Crippen molar-refractivity contribution >= 4 is 10.0 Å². The molecule has 0 heterocycles. The summed E-state index contributed by atoms with van der Waals surface area (Å²) in [4.78, 5) is 0.340. The van der Waals surface area contributed by atoms with Crippen LogP contribution in [0.3, 0.4) is 0 Å². The van der Waals surface area contributed by atoms with E-state index < -0.39 is 10.0 Å². The average Bonchev–Trinajstić information content (AvgIpc) is 2.96. The van der Waals surface area contributed by atoms with Crippen LogP contribution in [0.2, 0.25) is 0 Å². The molecule has 0 radical (unpaired) electrons. The van der Waals surface area contributed by atoms with Crippen LogP contribution in [0.4, 0.5) is 0 Å². The van der Waals surface area contributed by atoms with Gasteiger partial charge in [0.15, 0.2) is 0 Å². The molecule has 4 nitrogen and oxygen atoms in total. The molecule has 1 saturated carbocycles. The fourth-order valence-electron chi connectivity index (χ4n) is 3.11. The summed E-state index contributed by atoms with van der Waals surface area (Å²) in [5, 5.41) is 0. The molecule has 1 aromatic rings. The third kappa shape index (κ3) is 4.05. The maximum Gasteiger partial charge on any atom is 0.240 e.